The largest absolute Gasteiger partial charge is 0.445 e. The number of nitrogens with zero attached hydrogens (tertiary/aromatic N) is 2. The quantitative estimate of drug-likeness (QED) is 0.334. The van der Waals surface area contributed by atoms with E-state index >= 15 is 0 Å². The number of nitrogens with two attached hydrogens (primary N) is 2. The fourth-order valence-corrected chi connectivity index (χ4v) is 1.47. The van der Waals surface area contributed by atoms with Crippen molar-refractivity contribution < 1.29 is 13.6 Å². The fraction of sp³-hybridized carbons (Fsp3) is 0.0769. The van der Waals surface area contributed by atoms with E-state index in [1.54, 1.807) is 36.8 Å². The molecular weight excluding hydrogens is 277 g/mol. The number of hydrazine groups is 2. The molecule has 2 rings (SSSR count). The van der Waals surface area contributed by atoms with Gasteiger partial charge < -0.3 is 9.43 Å². The zero-order valence-electron chi connectivity index (χ0n) is 11.4. The summed E-state index contributed by atoms with van der Waals surface area (Å²) in [5.41, 5.74) is 2.74. The van der Waals surface area contributed by atoms with Gasteiger partial charge in [0, 0.05) is 18.7 Å². The summed E-state index contributed by atoms with van der Waals surface area (Å²) < 4.78 is 18.7. The van der Waals surface area contributed by atoms with Gasteiger partial charge in [-0.2, -0.15) is 0 Å². The predicted octanol–water partition coefficient (Wildman–Crippen LogP) is 0.900. The van der Waals surface area contributed by atoms with Crippen molar-refractivity contribution in [2.75, 3.05) is 12.1 Å². The highest BCUT2D eigenvalue weighted by atomic mass is 19.1. The van der Waals surface area contributed by atoms with Crippen LogP contribution in [0.25, 0.3) is 12.2 Å². The number of carbonyl (C=O) groups excluding carboxylic acids is 1. The van der Waals surface area contributed by atoms with Crippen LogP contribution >= 0.6 is 0 Å². The number of hydrogen-bond donors (Lipinski definition) is 3. The maximum atomic E-state index is 13.7. The first-order valence-corrected chi connectivity index (χ1v) is 5.84. The van der Waals surface area contributed by atoms with E-state index in [4.69, 9.17) is 15.1 Å². The number of carbonyl (C=O) groups is 1. The minimum absolute atomic E-state index is 0.345. The van der Waals surface area contributed by atoms with Gasteiger partial charge in [-0.3, -0.25) is 10.2 Å². The monoisotopic (exact) mass is 293 g/mol. The van der Waals surface area contributed by atoms with Crippen molar-refractivity contribution in [3.63, 3.8) is 0 Å². The van der Waals surface area contributed by atoms with Crippen molar-refractivity contribution in [1.29, 1.82) is 0 Å². The summed E-state index contributed by atoms with van der Waals surface area (Å²) in [5, 5.41) is 1.36. The Morgan fingerprint density at radius 2 is 2.14 bits per heavy atom. The summed E-state index contributed by atoms with van der Waals surface area (Å²) in [7, 11) is 1.65. The van der Waals surface area contributed by atoms with Gasteiger partial charge in [-0.15, -0.1) is 0 Å². The molecular formula is C13H16FN5O2. The molecule has 0 saturated carbocycles. The molecule has 0 aliphatic heterocycles. The van der Waals surface area contributed by atoms with E-state index < -0.39 is 0 Å². The van der Waals surface area contributed by atoms with Crippen LogP contribution in [-0.4, -0.2) is 18.4 Å². The van der Waals surface area contributed by atoms with Gasteiger partial charge in [-0.1, -0.05) is 6.07 Å². The molecule has 0 aliphatic carbocycles. The summed E-state index contributed by atoms with van der Waals surface area (Å²) in [5.74, 6) is 10.1. The molecule has 0 spiro atoms. The average Bonchev–Trinajstić information content (AvgIpc) is 2.99. The molecule has 0 fully saturated rings. The Labute approximate surface area is 121 Å². The fourth-order valence-electron chi connectivity index (χ4n) is 1.47. The number of anilines is 1. The Kier molecular flexibility index (Phi) is 6.58. The Morgan fingerprint density at radius 1 is 1.43 bits per heavy atom. The van der Waals surface area contributed by atoms with Gasteiger partial charge in [-0.05, 0) is 18.2 Å². The van der Waals surface area contributed by atoms with E-state index in [1.165, 1.54) is 23.5 Å². The molecule has 1 amide bonds. The van der Waals surface area contributed by atoms with Crippen molar-refractivity contribution in [3.8, 4) is 0 Å². The normalized spacial score (nSPS) is 9.90. The van der Waals surface area contributed by atoms with E-state index in [0.717, 1.165) is 0 Å². The summed E-state index contributed by atoms with van der Waals surface area (Å²) in [6, 6.07) is 4.72. The predicted molar refractivity (Wildman–Crippen MR) is 77.8 cm³/mol. The molecule has 112 valence electrons. The third kappa shape index (κ3) is 5.05. The van der Waals surface area contributed by atoms with Crippen LogP contribution in [0.4, 0.5) is 10.1 Å². The summed E-state index contributed by atoms with van der Waals surface area (Å²) >= 11 is 0. The van der Waals surface area contributed by atoms with Crippen LogP contribution < -0.4 is 22.1 Å². The summed E-state index contributed by atoms with van der Waals surface area (Å²) in [6.45, 7) is 0. The van der Waals surface area contributed by atoms with Crippen molar-refractivity contribution in [3.05, 3.63) is 47.9 Å². The van der Waals surface area contributed by atoms with E-state index in [9.17, 15) is 4.39 Å². The maximum absolute atomic E-state index is 13.7. The first kappa shape index (κ1) is 16.3. The summed E-state index contributed by atoms with van der Waals surface area (Å²) in [6.07, 6.45) is 6.55. The van der Waals surface area contributed by atoms with E-state index in [2.05, 4.69) is 10.8 Å². The second-order valence-corrected chi connectivity index (χ2v) is 3.77. The second-order valence-electron chi connectivity index (χ2n) is 3.77. The molecule has 21 heavy (non-hydrogen) atoms. The lowest BCUT2D eigenvalue weighted by atomic mass is 10.1. The Morgan fingerprint density at radius 3 is 2.67 bits per heavy atom. The highest BCUT2D eigenvalue weighted by Crippen LogP contribution is 2.22. The molecule has 1 aromatic heterocycles. The van der Waals surface area contributed by atoms with Gasteiger partial charge in [-0.25, -0.2) is 21.1 Å². The van der Waals surface area contributed by atoms with Crippen molar-refractivity contribution in [1.82, 2.24) is 10.4 Å². The molecule has 7 nitrogen and oxygen atoms in total. The zero-order chi connectivity index (χ0) is 15.7. The molecule has 5 N–H and O–H groups in total. The minimum Gasteiger partial charge on any atom is -0.445 e. The molecule has 2 aromatic rings. The smallest absolute Gasteiger partial charge is 0.221 e. The summed E-state index contributed by atoms with van der Waals surface area (Å²) in [4.78, 5) is 12.9. The maximum Gasteiger partial charge on any atom is 0.221 e. The number of hydrogen-bond acceptors (Lipinski definition) is 6. The molecule has 0 aliphatic rings. The highest BCUT2D eigenvalue weighted by molar-refractivity contribution is 5.75. The van der Waals surface area contributed by atoms with Crippen LogP contribution in [-0.2, 0) is 4.79 Å². The number of nitrogens with one attached hydrogen (secondary N) is 1. The van der Waals surface area contributed by atoms with Gasteiger partial charge >= 0.3 is 0 Å². The standard InChI is InChI=1S/C12H12FN3O.CH4N2O/c1-16(14)11-4-2-3-10(13)9(11)5-6-12-15-7-8-17-12;2-3-1-4/h2-8H,14H2,1H3;1H,2H2,(H,3,4)/b6-5+;. The van der Waals surface area contributed by atoms with Gasteiger partial charge in [0.2, 0.25) is 12.3 Å². The third-order valence-electron chi connectivity index (χ3n) is 2.32. The Balaban J connectivity index is 0.000000491. The number of aromatic nitrogens is 1. The topological polar surface area (TPSA) is 110 Å². The van der Waals surface area contributed by atoms with Crippen molar-refractivity contribution in [2.45, 2.75) is 0 Å². The third-order valence-corrected chi connectivity index (χ3v) is 2.32. The lowest BCUT2D eigenvalue weighted by Gasteiger charge is -2.15. The minimum atomic E-state index is -0.345. The van der Waals surface area contributed by atoms with Gasteiger partial charge in [0.25, 0.3) is 0 Å². The molecule has 0 atom stereocenters. The van der Waals surface area contributed by atoms with Crippen LogP contribution in [0.3, 0.4) is 0 Å². The molecule has 0 radical (unpaired) electrons. The van der Waals surface area contributed by atoms with Crippen LogP contribution in [0.15, 0.2) is 35.1 Å². The van der Waals surface area contributed by atoms with Crippen molar-refractivity contribution in [2.24, 2.45) is 11.7 Å². The van der Waals surface area contributed by atoms with E-state index in [0.29, 0.717) is 23.6 Å². The lowest BCUT2D eigenvalue weighted by Crippen LogP contribution is -2.26. The number of halogens is 1. The molecule has 0 bridgehead atoms. The molecule has 8 heteroatoms. The van der Waals surface area contributed by atoms with Gasteiger partial charge in [0.1, 0.15) is 12.1 Å². The number of oxazole rings is 1. The van der Waals surface area contributed by atoms with E-state index in [-0.39, 0.29) is 5.82 Å². The van der Waals surface area contributed by atoms with Crippen molar-refractivity contribution >= 4 is 24.2 Å². The van der Waals surface area contributed by atoms with Gasteiger partial charge in [0.15, 0.2) is 0 Å². The zero-order valence-corrected chi connectivity index (χ0v) is 11.4. The lowest BCUT2D eigenvalue weighted by molar-refractivity contribution is -0.109. The first-order chi connectivity index (χ1) is 10.1. The number of amides is 1. The Bertz CT molecular complexity index is 584. The highest BCUT2D eigenvalue weighted by Gasteiger charge is 2.07. The molecule has 1 aromatic carbocycles. The second kappa shape index (κ2) is 8.46. The number of rotatable bonds is 4. The molecule has 1 heterocycles. The molecule has 0 saturated heterocycles. The molecule has 0 unspecified atom stereocenters. The van der Waals surface area contributed by atoms with Crippen LogP contribution in [0, 0.1) is 5.82 Å². The first-order valence-electron chi connectivity index (χ1n) is 5.84. The van der Waals surface area contributed by atoms with Crippen LogP contribution in [0.2, 0.25) is 0 Å². The van der Waals surface area contributed by atoms with Crippen LogP contribution in [0.1, 0.15) is 11.5 Å². The SMILES string of the molecule is CN(N)c1cccc(F)c1/C=C/c1ncco1.NNC=O. The van der Waals surface area contributed by atoms with E-state index in [1.807, 2.05) is 0 Å². The van der Waals surface area contributed by atoms with Crippen LogP contribution in [0.5, 0.6) is 0 Å². The Hall–Kier alpha value is -2.71. The number of benzene rings is 1. The van der Waals surface area contributed by atoms with Gasteiger partial charge in [0.05, 0.1) is 11.9 Å². The average molecular weight is 293 g/mol.